The first-order chi connectivity index (χ1) is 12.3. The minimum Gasteiger partial charge on any atom is -0.462 e. The SMILES string of the molecule is CCOC(=O)c1cnn2c(-c3cnn(-c4ccncc4)c3)cccc12. The fourth-order valence-corrected chi connectivity index (χ4v) is 2.69. The molecule has 124 valence electrons. The molecule has 0 N–H and O–H groups in total. The number of aromatic nitrogens is 5. The van der Waals surface area contributed by atoms with Gasteiger partial charge >= 0.3 is 5.97 Å². The molecule has 4 heterocycles. The monoisotopic (exact) mass is 333 g/mol. The Bertz CT molecular complexity index is 1040. The maximum Gasteiger partial charge on any atom is 0.341 e. The van der Waals surface area contributed by atoms with Gasteiger partial charge in [0.25, 0.3) is 0 Å². The molecule has 0 fully saturated rings. The Kier molecular flexibility index (Phi) is 3.74. The highest BCUT2D eigenvalue weighted by Gasteiger charge is 2.16. The summed E-state index contributed by atoms with van der Waals surface area (Å²) in [5, 5.41) is 8.75. The first kappa shape index (κ1) is 15.1. The molecule has 0 bridgehead atoms. The lowest BCUT2D eigenvalue weighted by atomic mass is 10.2. The Balaban J connectivity index is 1.78. The predicted molar refractivity (Wildman–Crippen MR) is 91.5 cm³/mol. The number of carbonyl (C=O) groups is 1. The van der Waals surface area contributed by atoms with E-state index >= 15 is 0 Å². The molecule has 0 aliphatic carbocycles. The molecular weight excluding hydrogens is 318 g/mol. The molecule has 4 rings (SSSR count). The van der Waals surface area contributed by atoms with E-state index in [0.717, 1.165) is 16.9 Å². The summed E-state index contributed by atoms with van der Waals surface area (Å²) in [5.41, 5.74) is 3.80. The van der Waals surface area contributed by atoms with Crippen LogP contribution in [0.1, 0.15) is 17.3 Å². The van der Waals surface area contributed by atoms with E-state index in [9.17, 15) is 4.79 Å². The van der Waals surface area contributed by atoms with Gasteiger partial charge in [0.05, 0.1) is 35.9 Å². The van der Waals surface area contributed by atoms with Gasteiger partial charge in [-0.05, 0) is 31.2 Å². The number of hydrogen-bond acceptors (Lipinski definition) is 5. The molecule has 0 aromatic carbocycles. The van der Waals surface area contributed by atoms with E-state index < -0.39 is 0 Å². The van der Waals surface area contributed by atoms with E-state index in [0.29, 0.717) is 17.7 Å². The molecule has 4 aromatic heterocycles. The number of ether oxygens (including phenoxy) is 1. The van der Waals surface area contributed by atoms with Crippen LogP contribution in [0.3, 0.4) is 0 Å². The lowest BCUT2D eigenvalue weighted by Crippen LogP contribution is -2.04. The summed E-state index contributed by atoms with van der Waals surface area (Å²) < 4.78 is 8.58. The Morgan fingerprint density at radius 2 is 1.96 bits per heavy atom. The average Bonchev–Trinajstić information content (AvgIpc) is 3.30. The van der Waals surface area contributed by atoms with Crippen LogP contribution in [0.4, 0.5) is 0 Å². The summed E-state index contributed by atoms with van der Waals surface area (Å²) in [4.78, 5) is 16.1. The molecule has 0 aliphatic heterocycles. The number of esters is 1. The van der Waals surface area contributed by atoms with E-state index in [1.807, 2.05) is 36.5 Å². The van der Waals surface area contributed by atoms with Crippen LogP contribution in [0.15, 0.2) is 61.3 Å². The van der Waals surface area contributed by atoms with Gasteiger partial charge in [-0.1, -0.05) is 6.07 Å². The van der Waals surface area contributed by atoms with Gasteiger partial charge in [0.15, 0.2) is 0 Å². The fraction of sp³-hybridized carbons (Fsp3) is 0.111. The van der Waals surface area contributed by atoms with Crippen molar-refractivity contribution in [2.75, 3.05) is 6.61 Å². The maximum absolute atomic E-state index is 12.1. The zero-order valence-corrected chi connectivity index (χ0v) is 13.5. The number of hydrogen-bond donors (Lipinski definition) is 0. The molecular formula is C18H15N5O2. The second-order valence-corrected chi connectivity index (χ2v) is 5.37. The van der Waals surface area contributed by atoms with Crippen LogP contribution in [0.5, 0.6) is 0 Å². The van der Waals surface area contributed by atoms with Crippen molar-refractivity contribution < 1.29 is 9.53 Å². The summed E-state index contributed by atoms with van der Waals surface area (Å²) in [6.45, 7) is 2.11. The summed E-state index contributed by atoms with van der Waals surface area (Å²) in [6.07, 6.45) is 8.65. The van der Waals surface area contributed by atoms with Crippen LogP contribution in [0.25, 0.3) is 22.5 Å². The largest absolute Gasteiger partial charge is 0.462 e. The molecule has 7 heteroatoms. The van der Waals surface area contributed by atoms with Gasteiger partial charge in [0, 0.05) is 24.2 Å². The second kappa shape index (κ2) is 6.20. The van der Waals surface area contributed by atoms with E-state index in [1.165, 1.54) is 6.20 Å². The standard InChI is InChI=1S/C18H15N5O2/c1-2-25-18(24)15-11-21-23-16(4-3-5-17(15)23)13-10-20-22(12-13)14-6-8-19-9-7-14/h3-12H,2H2,1H3. The molecule has 7 nitrogen and oxygen atoms in total. The van der Waals surface area contributed by atoms with Gasteiger partial charge in [-0.25, -0.2) is 14.0 Å². The van der Waals surface area contributed by atoms with Crippen molar-refractivity contribution >= 4 is 11.5 Å². The van der Waals surface area contributed by atoms with E-state index in [-0.39, 0.29) is 5.97 Å². The third-order valence-electron chi connectivity index (χ3n) is 3.84. The summed E-state index contributed by atoms with van der Waals surface area (Å²) >= 11 is 0. The molecule has 0 radical (unpaired) electrons. The number of rotatable bonds is 4. The smallest absolute Gasteiger partial charge is 0.341 e. The lowest BCUT2D eigenvalue weighted by Gasteiger charge is -2.04. The van der Waals surface area contributed by atoms with Gasteiger partial charge < -0.3 is 4.74 Å². The minimum atomic E-state index is -0.373. The van der Waals surface area contributed by atoms with Crippen LogP contribution >= 0.6 is 0 Å². The van der Waals surface area contributed by atoms with Crippen molar-refractivity contribution in [3.63, 3.8) is 0 Å². The van der Waals surface area contributed by atoms with Crippen LogP contribution < -0.4 is 0 Å². The first-order valence-corrected chi connectivity index (χ1v) is 7.87. The van der Waals surface area contributed by atoms with Crippen molar-refractivity contribution in [3.05, 3.63) is 66.9 Å². The van der Waals surface area contributed by atoms with Crippen molar-refractivity contribution in [1.29, 1.82) is 0 Å². The van der Waals surface area contributed by atoms with Crippen molar-refractivity contribution in [1.82, 2.24) is 24.4 Å². The first-order valence-electron chi connectivity index (χ1n) is 7.87. The molecule has 0 aliphatic rings. The molecule has 0 amide bonds. The predicted octanol–water partition coefficient (Wildman–Crippen LogP) is 2.76. The molecule has 4 aromatic rings. The topological polar surface area (TPSA) is 74.3 Å². The molecule has 0 unspecified atom stereocenters. The number of nitrogens with zero attached hydrogens (tertiary/aromatic N) is 5. The highest BCUT2D eigenvalue weighted by molar-refractivity contribution is 5.97. The number of pyridine rings is 2. The van der Waals surface area contributed by atoms with Crippen molar-refractivity contribution in [2.45, 2.75) is 6.92 Å². The molecule has 0 saturated heterocycles. The van der Waals surface area contributed by atoms with Crippen LogP contribution in [0.2, 0.25) is 0 Å². The van der Waals surface area contributed by atoms with E-state index in [1.54, 1.807) is 34.7 Å². The second-order valence-electron chi connectivity index (χ2n) is 5.37. The minimum absolute atomic E-state index is 0.328. The van der Waals surface area contributed by atoms with Crippen LogP contribution in [-0.2, 0) is 4.74 Å². The Morgan fingerprint density at radius 1 is 1.12 bits per heavy atom. The lowest BCUT2D eigenvalue weighted by molar-refractivity contribution is 0.0528. The van der Waals surface area contributed by atoms with Crippen LogP contribution in [0, 0.1) is 0 Å². The van der Waals surface area contributed by atoms with Gasteiger partial charge in [0.1, 0.15) is 5.56 Å². The molecule has 0 spiro atoms. The van der Waals surface area contributed by atoms with Crippen LogP contribution in [-0.4, -0.2) is 37.0 Å². The Hall–Kier alpha value is -3.48. The van der Waals surface area contributed by atoms with Gasteiger partial charge in [0.2, 0.25) is 0 Å². The Morgan fingerprint density at radius 3 is 2.76 bits per heavy atom. The third kappa shape index (κ3) is 2.65. The zero-order valence-electron chi connectivity index (χ0n) is 13.5. The average molecular weight is 333 g/mol. The van der Waals surface area contributed by atoms with Gasteiger partial charge in [-0.3, -0.25) is 4.98 Å². The van der Waals surface area contributed by atoms with E-state index in [2.05, 4.69) is 15.2 Å². The summed E-state index contributed by atoms with van der Waals surface area (Å²) in [7, 11) is 0. The Labute approximate surface area is 143 Å². The van der Waals surface area contributed by atoms with Gasteiger partial charge in [-0.15, -0.1) is 0 Å². The molecule has 0 saturated carbocycles. The number of fused-ring (bicyclic) bond motifs is 1. The molecule has 0 atom stereocenters. The summed E-state index contributed by atoms with van der Waals surface area (Å²) in [5.74, 6) is -0.373. The maximum atomic E-state index is 12.1. The fourth-order valence-electron chi connectivity index (χ4n) is 2.69. The number of carbonyl (C=O) groups excluding carboxylic acids is 1. The normalized spacial score (nSPS) is 10.9. The molecule has 25 heavy (non-hydrogen) atoms. The van der Waals surface area contributed by atoms with Crippen molar-refractivity contribution in [2.24, 2.45) is 0 Å². The van der Waals surface area contributed by atoms with Crippen molar-refractivity contribution in [3.8, 4) is 16.9 Å². The van der Waals surface area contributed by atoms with E-state index in [4.69, 9.17) is 4.74 Å². The van der Waals surface area contributed by atoms with Gasteiger partial charge in [-0.2, -0.15) is 10.2 Å². The quantitative estimate of drug-likeness (QED) is 0.537. The third-order valence-corrected chi connectivity index (χ3v) is 3.84. The zero-order chi connectivity index (χ0) is 17.2. The highest BCUT2D eigenvalue weighted by atomic mass is 16.5. The highest BCUT2D eigenvalue weighted by Crippen LogP contribution is 2.23. The summed E-state index contributed by atoms with van der Waals surface area (Å²) in [6, 6.07) is 9.42.